The maximum Gasteiger partial charge on any atom is 0.259 e. The highest BCUT2D eigenvalue weighted by atomic mass is 32.1. The van der Waals surface area contributed by atoms with Crippen molar-refractivity contribution in [1.29, 1.82) is 0 Å². The fourth-order valence-corrected chi connectivity index (χ4v) is 5.84. The SMILES string of the molecule is O=C([O-])COCC(=O)N1C[C@@H]2C[C@H](C1)c1ccc(-c3cc4ccccc4s3)c(=O)n1C2. The second-order valence-corrected chi connectivity index (χ2v) is 9.28. The summed E-state index contributed by atoms with van der Waals surface area (Å²) in [5, 5.41) is 11.6. The molecule has 2 bridgehead atoms. The van der Waals surface area contributed by atoms with Crippen LogP contribution in [0.2, 0.25) is 0 Å². The molecule has 2 atom stereocenters. The molecule has 1 fully saturated rings. The average Bonchev–Trinajstić information content (AvgIpc) is 3.18. The van der Waals surface area contributed by atoms with Gasteiger partial charge in [-0.05, 0) is 42.0 Å². The van der Waals surface area contributed by atoms with Crippen molar-refractivity contribution in [3.8, 4) is 10.4 Å². The Hall–Kier alpha value is -2.97. The number of rotatable bonds is 5. The number of likely N-dealkylation sites (tertiary alicyclic amines) is 1. The summed E-state index contributed by atoms with van der Waals surface area (Å²) in [7, 11) is 0. The Bertz CT molecular complexity index is 1200. The number of piperidine rings is 1. The topological polar surface area (TPSA) is 91.7 Å². The number of pyridine rings is 1. The number of carbonyl (C=O) groups excluding carboxylic acids is 2. The van der Waals surface area contributed by atoms with E-state index in [0.717, 1.165) is 27.1 Å². The summed E-state index contributed by atoms with van der Waals surface area (Å²) in [6.07, 6.45) is 0.936. The van der Waals surface area contributed by atoms with Crippen molar-refractivity contribution < 1.29 is 19.4 Å². The average molecular weight is 437 g/mol. The summed E-state index contributed by atoms with van der Waals surface area (Å²) in [6.45, 7) is 0.762. The summed E-state index contributed by atoms with van der Waals surface area (Å²) in [5.41, 5.74) is 1.70. The molecule has 3 aromatic rings. The summed E-state index contributed by atoms with van der Waals surface area (Å²) in [6, 6.07) is 14.1. The number of carboxylic acid groups (broad SMARTS) is 1. The van der Waals surface area contributed by atoms with E-state index in [-0.39, 0.29) is 29.9 Å². The molecule has 1 aromatic carbocycles. The van der Waals surface area contributed by atoms with Gasteiger partial charge in [0.25, 0.3) is 5.56 Å². The van der Waals surface area contributed by atoms with Crippen LogP contribution < -0.4 is 10.7 Å². The molecule has 7 nitrogen and oxygen atoms in total. The van der Waals surface area contributed by atoms with Crippen LogP contribution in [0.1, 0.15) is 18.0 Å². The fraction of sp³-hybridized carbons (Fsp3) is 0.348. The first-order valence-electron chi connectivity index (χ1n) is 10.3. The maximum atomic E-state index is 13.4. The van der Waals surface area contributed by atoms with Gasteiger partial charge in [-0.25, -0.2) is 0 Å². The molecule has 2 aromatic heterocycles. The maximum absolute atomic E-state index is 13.4. The van der Waals surface area contributed by atoms with Gasteiger partial charge >= 0.3 is 0 Å². The monoisotopic (exact) mass is 437 g/mol. The highest BCUT2D eigenvalue weighted by molar-refractivity contribution is 7.22. The molecule has 2 aliphatic rings. The third-order valence-electron chi connectivity index (χ3n) is 6.09. The van der Waals surface area contributed by atoms with E-state index in [1.807, 2.05) is 28.8 Å². The number of thiophene rings is 1. The highest BCUT2D eigenvalue weighted by Gasteiger charge is 2.36. The Morgan fingerprint density at radius 3 is 2.74 bits per heavy atom. The molecule has 0 spiro atoms. The predicted octanol–water partition coefficient (Wildman–Crippen LogP) is 1.44. The van der Waals surface area contributed by atoms with Gasteiger partial charge in [0.1, 0.15) is 6.61 Å². The Labute approximate surface area is 182 Å². The molecule has 0 aliphatic carbocycles. The van der Waals surface area contributed by atoms with Gasteiger partial charge in [-0.1, -0.05) is 18.2 Å². The third-order valence-corrected chi connectivity index (χ3v) is 7.24. The number of amides is 1. The van der Waals surface area contributed by atoms with Crippen molar-refractivity contribution in [2.75, 3.05) is 26.3 Å². The number of nitrogens with zero attached hydrogens (tertiary/aromatic N) is 2. The van der Waals surface area contributed by atoms with Crippen molar-refractivity contribution in [1.82, 2.24) is 9.47 Å². The zero-order valence-electron chi connectivity index (χ0n) is 16.8. The van der Waals surface area contributed by atoms with E-state index >= 15 is 0 Å². The quantitative estimate of drug-likeness (QED) is 0.602. The lowest BCUT2D eigenvalue weighted by atomic mass is 9.83. The first-order chi connectivity index (χ1) is 15.0. The fourth-order valence-electron chi connectivity index (χ4n) is 4.76. The van der Waals surface area contributed by atoms with Crippen molar-refractivity contribution >= 4 is 33.3 Å². The van der Waals surface area contributed by atoms with Gasteiger partial charge in [-0.2, -0.15) is 0 Å². The molecular formula is C23H21N2O5S-. The Morgan fingerprint density at radius 1 is 1.10 bits per heavy atom. The van der Waals surface area contributed by atoms with Gasteiger partial charge < -0.3 is 24.1 Å². The van der Waals surface area contributed by atoms with Crippen molar-refractivity contribution in [2.45, 2.75) is 18.9 Å². The van der Waals surface area contributed by atoms with E-state index in [2.05, 4.69) is 18.2 Å². The van der Waals surface area contributed by atoms with E-state index in [0.29, 0.717) is 25.2 Å². The number of aliphatic carboxylic acids is 1. The van der Waals surface area contributed by atoms with Gasteiger partial charge in [0.05, 0.1) is 18.1 Å². The summed E-state index contributed by atoms with van der Waals surface area (Å²) in [5.74, 6) is -1.30. The largest absolute Gasteiger partial charge is 0.548 e. The molecule has 0 radical (unpaired) electrons. The molecule has 4 heterocycles. The van der Waals surface area contributed by atoms with Crippen LogP contribution in [0.4, 0.5) is 0 Å². The van der Waals surface area contributed by atoms with Crippen LogP contribution in [-0.4, -0.2) is 47.6 Å². The van der Waals surface area contributed by atoms with E-state index in [1.54, 1.807) is 16.2 Å². The van der Waals surface area contributed by atoms with Crippen LogP contribution >= 0.6 is 11.3 Å². The Kier molecular flexibility index (Phi) is 5.11. The minimum absolute atomic E-state index is 0.0239. The summed E-state index contributed by atoms with van der Waals surface area (Å²) < 4.78 is 7.94. The summed E-state index contributed by atoms with van der Waals surface area (Å²) in [4.78, 5) is 39.0. The van der Waals surface area contributed by atoms with Gasteiger partial charge in [0, 0.05) is 40.8 Å². The van der Waals surface area contributed by atoms with E-state index in [4.69, 9.17) is 4.74 Å². The van der Waals surface area contributed by atoms with Crippen molar-refractivity contribution in [2.24, 2.45) is 5.92 Å². The molecule has 2 aliphatic heterocycles. The lowest BCUT2D eigenvalue weighted by Gasteiger charge is -2.42. The van der Waals surface area contributed by atoms with Crippen molar-refractivity contribution in [3.05, 3.63) is 58.5 Å². The standard InChI is InChI=1S/C23H22N2O5S/c26-21(12-30-13-22(27)28)24-9-14-7-16(11-24)18-6-5-17(23(29)25(18)10-14)20-8-15-3-1-2-4-19(15)31-20/h1-6,8,14,16H,7,9-13H2,(H,27,28)/p-1/t14-,16+/m0/s1. The molecule has 8 heteroatoms. The number of hydrogen-bond donors (Lipinski definition) is 0. The number of hydrogen-bond acceptors (Lipinski definition) is 6. The van der Waals surface area contributed by atoms with E-state index in [9.17, 15) is 19.5 Å². The Morgan fingerprint density at radius 2 is 1.94 bits per heavy atom. The lowest BCUT2D eigenvalue weighted by molar-refractivity contribution is -0.309. The predicted molar refractivity (Wildman–Crippen MR) is 115 cm³/mol. The molecule has 1 saturated heterocycles. The summed E-state index contributed by atoms with van der Waals surface area (Å²) >= 11 is 1.62. The van der Waals surface area contributed by atoms with Crippen LogP contribution in [0.5, 0.6) is 0 Å². The van der Waals surface area contributed by atoms with Gasteiger partial charge in [0.15, 0.2) is 0 Å². The van der Waals surface area contributed by atoms with Crippen LogP contribution in [0.15, 0.2) is 47.3 Å². The van der Waals surface area contributed by atoms with E-state index < -0.39 is 12.6 Å². The molecule has 1 amide bonds. The number of aromatic nitrogens is 1. The van der Waals surface area contributed by atoms with Crippen LogP contribution in [0.25, 0.3) is 20.5 Å². The normalized spacial score (nSPS) is 19.9. The number of ether oxygens (including phenoxy) is 1. The smallest absolute Gasteiger partial charge is 0.259 e. The molecule has 0 unspecified atom stereocenters. The molecule has 31 heavy (non-hydrogen) atoms. The van der Waals surface area contributed by atoms with Gasteiger partial charge in [-0.15, -0.1) is 11.3 Å². The minimum Gasteiger partial charge on any atom is -0.548 e. The number of carboxylic acids is 1. The third kappa shape index (κ3) is 3.77. The van der Waals surface area contributed by atoms with Crippen molar-refractivity contribution in [3.63, 3.8) is 0 Å². The molecule has 0 saturated carbocycles. The lowest BCUT2D eigenvalue weighted by Crippen LogP contribution is -2.50. The second kappa shape index (κ2) is 7.94. The zero-order chi connectivity index (χ0) is 21.5. The van der Waals surface area contributed by atoms with E-state index in [1.165, 1.54) is 0 Å². The molecule has 0 N–H and O–H groups in total. The van der Waals surface area contributed by atoms with Crippen LogP contribution in [-0.2, 0) is 20.9 Å². The number of carbonyl (C=O) groups is 2. The zero-order valence-corrected chi connectivity index (χ0v) is 17.6. The second-order valence-electron chi connectivity index (χ2n) is 8.20. The molecule has 5 rings (SSSR count). The first-order valence-corrected chi connectivity index (χ1v) is 11.1. The molecule has 160 valence electrons. The number of fused-ring (bicyclic) bond motifs is 5. The highest BCUT2D eigenvalue weighted by Crippen LogP contribution is 2.37. The van der Waals surface area contributed by atoms with Crippen LogP contribution in [0, 0.1) is 5.92 Å². The van der Waals surface area contributed by atoms with Gasteiger partial charge in [0.2, 0.25) is 5.91 Å². The van der Waals surface area contributed by atoms with Gasteiger partial charge in [-0.3, -0.25) is 9.59 Å². The first kappa shape index (κ1) is 20.0. The molecular weight excluding hydrogens is 416 g/mol. The van der Waals surface area contributed by atoms with Crippen LogP contribution in [0.3, 0.4) is 0 Å². The Balaban J connectivity index is 1.40. The number of benzene rings is 1. The minimum atomic E-state index is -1.34.